The van der Waals surface area contributed by atoms with Crippen LogP contribution < -0.4 is 0 Å². The third-order valence-corrected chi connectivity index (χ3v) is 16.2. The van der Waals surface area contributed by atoms with Crippen LogP contribution in [-0.4, -0.2) is 146 Å². The molecule has 53 heavy (non-hydrogen) atoms. The van der Waals surface area contributed by atoms with E-state index in [0.29, 0.717) is 42.4 Å². The fourth-order valence-corrected chi connectivity index (χ4v) is 13.3. The highest BCUT2D eigenvalue weighted by Crippen LogP contribution is 2.71. The summed E-state index contributed by atoms with van der Waals surface area (Å²) in [6.45, 7) is 8.84. The summed E-state index contributed by atoms with van der Waals surface area (Å²) in [7, 11) is 0. The molecule has 0 unspecified atom stereocenters. The van der Waals surface area contributed by atoms with Crippen molar-refractivity contribution in [3.8, 4) is 0 Å². The molecule has 8 fully saturated rings. The first-order valence-electron chi connectivity index (χ1n) is 20.4. The van der Waals surface area contributed by atoms with Gasteiger partial charge in [0.2, 0.25) is 0 Å². The maximum absolute atomic E-state index is 11.5. The molecule has 0 aromatic carbocycles. The van der Waals surface area contributed by atoms with E-state index >= 15 is 0 Å². The summed E-state index contributed by atoms with van der Waals surface area (Å²) in [5.41, 5.74) is -0.0529. The summed E-state index contributed by atoms with van der Waals surface area (Å²) >= 11 is 0. The van der Waals surface area contributed by atoms with E-state index in [4.69, 9.17) is 28.4 Å². The number of ether oxygens (including phenoxy) is 6. The molecule has 4 saturated heterocycles. The minimum atomic E-state index is -1.75. The van der Waals surface area contributed by atoms with Gasteiger partial charge in [-0.05, 0) is 97.7 Å². The fourth-order valence-electron chi connectivity index (χ4n) is 13.3. The number of aliphatic hydroxyl groups excluding tert-OH is 8. The van der Waals surface area contributed by atoms with Gasteiger partial charge in [-0.2, -0.15) is 0 Å². The zero-order valence-corrected chi connectivity index (χ0v) is 31.6. The Morgan fingerprint density at radius 1 is 0.660 bits per heavy atom. The quantitative estimate of drug-likeness (QED) is 0.173. The smallest absolute Gasteiger partial charge is 0.187 e. The van der Waals surface area contributed by atoms with Crippen molar-refractivity contribution in [3.05, 3.63) is 0 Å². The van der Waals surface area contributed by atoms with Crippen LogP contribution in [0.1, 0.15) is 85.5 Å². The Bertz CT molecular complexity index is 1290. The van der Waals surface area contributed by atoms with E-state index in [0.717, 1.165) is 51.6 Å². The normalized spacial score (nSPS) is 59.5. The highest BCUT2D eigenvalue weighted by Gasteiger charge is 2.70. The first-order chi connectivity index (χ1) is 25.2. The lowest BCUT2D eigenvalue weighted by Crippen LogP contribution is -2.65. The van der Waals surface area contributed by atoms with Crippen LogP contribution in [0.5, 0.6) is 0 Å². The van der Waals surface area contributed by atoms with Gasteiger partial charge in [0.1, 0.15) is 48.8 Å². The van der Waals surface area contributed by atoms with Gasteiger partial charge in [-0.1, -0.05) is 27.7 Å². The average molecular weight is 757 g/mol. The van der Waals surface area contributed by atoms with Gasteiger partial charge >= 0.3 is 0 Å². The Labute approximate surface area is 312 Å². The van der Waals surface area contributed by atoms with Gasteiger partial charge in [0.25, 0.3) is 0 Å². The molecule has 0 aromatic rings. The number of hydrogen-bond acceptors (Lipinski definition) is 14. The van der Waals surface area contributed by atoms with Crippen LogP contribution in [0.2, 0.25) is 0 Å². The van der Waals surface area contributed by atoms with Crippen molar-refractivity contribution >= 4 is 0 Å². The monoisotopic (exact) mass is 756 g/mol. The molecule has 4 aliphatic carbocycles. The van der Waals surface area contributed by atoms with E-state index in [1.165, 1.54) is 0 Å². The van der Waals surface area contributed by atoms with Gasteiger partial charge in [0.15, 0.2) is 18.4 Å². The Kier molecular flexibility index (Phi) is 10.6. The zero-order chi connectivity index (χ0) is 37.8. The minimum Gasteiger partial charge on any atom is -0.394 e. The van der Waals surface area contributed by atoms with E-state index in [1.807, 2.05) is 0 Å². The summed E-state index contributed by atoms with van der Waals surface area (Å²) in [5, 5.41) is 84.8. The summed E-state index contributed by atoms with van der Waals surface area (Å²) in [6.07, 6.45) is -7.76. The molecule has 304 valence electrons. The molecule has 14 nitrogen and oxygen atoms in total. The summed E-state index contributed by atoms with van der Waals surface area (Å²) < 4.78 is 37.7. The Hall–Kier alpha value is -0.560. The maximum Gasteiger partial charge on any atom is 0.187 e. The molecule has 0 amide bonds. The largest absolute Gasteiger partial charge is 0.394 e. The predicted molar refractivity (Wildman–Crippen MR) is 184 cm³/mol. The second kappa shape index (κ2) is 14.4. The van der Waals surface area contributed by atoms with E-state index in [9.17, 15) is 40.9 Å². The predicted octanol–water partition coefficient (Wildman–Crippen LogP) is 0.413. The first kappa shape index (κ1) is 39.3. The van der Waals surface area contributed by atoms with Crippen LogP contribution >= 0.6 is 0 Å². The van der Waals surface area contributed by atoms with E-state index in [1.54, 1.807) is 0 Å². The molecular formula is C39H64O14. The topological polar surface area (TPSA) is 217 Å². The van der Waals surface area contributed by atoms with Crippen molar-refractivity contribution in [1.29, 1.82) is 0 Å². The van der Waals surface area contributed by atoms with Crippen molar-refractivity contribution in [2.45, 2.75) is 171 Å². The number of hydrogen-bond donors (Lipinski definition) is 8. The summed E-state index contributed by atoms with van der Waals surface area (Å²) in [6, 6.07) is 0. The molecule has 4 heterocycles. The lowest BCUT2D eigenvalue weighted by atomic mass is 9.43. The molecule has 8 N–H and O–H groups in total. The Morgan fingerprint density at radius 3 is 2.04 bits per heavy atom. The van der Waals surface area contributed by atoms with Crippen molar-refractivity contribution in [2.24, 2.45) is 52.3 Å². The highest BCUT2D eigenvalue weighted by molar-refractivity contribution is 5.16. The molecule has 23 atom stereocenters. The molecule has 1 spiro atoms. The molecular weight excluding hydrogens is 692 g/mol. The lowest BCUT2D eigenvalue weighted by Gasteiger charge is -2.63. The molecule has 0 radical (unpaired) electrons. The summed E-state index contributed by atoms with van der Waals surface area (Å²) in [5.74, 6) is 1.87. The van der Waals surface area contributed by atoms with Gasteiger partial charge in [0.05, 0.1) is 38.1 Å². The second-order valence-electron chi connectivity index (χ2n) is 18.8. The van der Waals surface area contributed by atoms with Crippen LogP contribution in [0, 0.1) is 52.3 Å². The standard InChI is InChI=1S/C39H64O14/c1-17-5-10-39(48-16-17)18(2)28-25(53-39)13-22-20-12-24(23-11-19(42)6-8-37(23,3)21(20)7-9-38(22,28)4)49-35-33(47)31(45)34(27(15-41)51-35)52-36-32(46)30(44)29(43)26(14-40)50-36/h17-36,40-47H,5-16H2,1-4H3/t17-,18-,19+,20-,21+,22+,23-,24+,25+,26-,27-,28+,29-,30+,31-,32-,33-,34-,35-,36+,37-,38+,39-/m1/s1. The van der Waals surface area contributed by atoms with Gasteiger partial charge in [-0.15, -0.1) is 0 Å². The molecule has 4 aliphatic heterocycles. The minimum absolute atomic E-state index is 0.0163. The molecule has 14 heteroatoms. The molecule has 8 rings (SSSR count). The third-order valence-electron chi connectivity index (χ3n) is 16.2. The van der Waals surface area contributed by atoms with Gasteiger partial charge < -0.3 is 69.3 Å². The zero-order valence-electron chi connectivity index (χ0n) is 31.6. The first-order valence-corrected chi connectivity index (χ1v) is 20.4. The molecule has 0 bridgehead atoms. The van der Waals surface area contributed by atoms with Gasteiger partial charge in [-0.3, -0.25) is 0 Å². The van der Waals surface area contributed by atoms with Crippen molar-refractivity contribution in [2.75, 3.05) is 19.8 Å². The van der Waals surface area contributed by atoms with E-state index < -0.39 is 92.6 Å². The van der Waals surface area contributed by atoms with Gasteiger partial charge in [-0.25, -0.2) is 0 Å². The van der Waals surface area contributed by atoms with Crippen LogP contribution in [0.15, 0.2) is 0 Å². The molecule has 4 saturated carbocycles. The fraction of sp³-hybridized carbons (Fsp3) is 1.00. The summed E-state index contributed by atoms with van der Waals surface area (Å²) in [4.78, 5) is 0. The van der Waals surface area contributed by atoms with Crippen LogP contribution in [0.25, 0.3) is 0 Å². The third kappa shape index (κ3) is 6.20. The Morgan fingerprint density at radius 2 is 1.34 bits per heavy atom. The van der Waals surface area contributed by atoms with Crippen molar-refractivity contribution in [1.82, 2.24) is 0 Å². The van der Waals surface area contributed by atoms with Crippen LogP contribution in [-0.2, 0) is 28.4 Å². The highest BCUT2D eigenvalue weighted by atomic mass is 16.7. The molecule has 0 aromatic heterocycles. The van der Waals surface area contributed by atoms with Crippen LogP contribution in [0.4, 0.5) is 0 Å². The number of rotatable bonds is 6. The lowest BCUT2D eigenvalue weighted by molar-refractivity contribution is -0.367. The van der Waals surface area contributed by atoms with E-state index in [2.05, 4.69) is 27.7 Å². The van der Waals surface area contributed by atoms with Gasteiger partial charge in [0, 0.05) is 12.3 Å². The molecule has 8 aliphatic rings. The Balaban J connectivity index is 1.02. The van der Waals surface area contributed by atoms with Crippen molar-refractivity contribution in [3.63, 3.8) is 0 Å². The number of fused-ring (bicyclic) bond motifs is 7. The van der Waals surface area contributed by atoms with E-state index in [-0.39, 0.29) is 28.8 Å². The second-order valence-corrected chi connectivity index (χ2v) is 18.8. The SMILES string of the molecule is C[C@@H]1CC[C@@]2(OC1)O[C@H]1C[C@H]3[C@@H]4C[C@H](O[C@@H]5O[C@H](CO)[C@@H](O[C@@H]6O[C@H](CO)[C@@H](O)[C@H](O)[C@H]6O)[C@H](O)[C@H]5O)[C@H]5C[C@@H](O)CC[C@]5(C)[C@H]4CC[C@]3(C)[C@H]1[C@H]2C. The average Bonchev–Trinajstić information content (AvgIpc) is 3.58. The van der Waals surface area contributed by atoms with Crippen molar-refractivity contribution < 1.29 is 69.3 Å². The van der Waals surface area contributed by atoms with Crippen LogP contribution in [0.3, 0.4) is 0 Å². The number of aliphatic hydroxyl groups is 8. The maximum atomic E-state index is 11.5.